The zero-order chi connectivity index (χ0) is 20.3. The van der Waals surface area contributed by atoms with Crippen molar-refractivity contribution in [3.05, 3.63) is 64.7 Å². The number of carbonyl (C=O) groups is 1. The third-order valence-electron chi connectivity index (χ3n) is 4.96. The molecule has 2 aromatic carbocycles. The van der Waals surface area contributed by atoms with E-state index < -0.39 is 0 Å². The van der Waals surface area contributed by atoms with Crippen LogP contribution in [-0.2, 0) is 11.8 Å². The number of aromatic nitrogens is 3. The molecule has 1 aromatic heterocycles. The molecule has 0 aliphatic rings. The van der Waals surface area contributed by atoms with E-state index in [1.165, 1.54) is 22.9 Å². The molecule has 0 fully saturated rings. The fraction of sp³-hybridized carbons (Fsp3) is 0.318. The molecule has 3 rings (SSSR count). The van der Waals surface area contributed by atoms with Crippen LogP contribution in [0.5, 0.6) is 0 Å². The van der Waals surface area contributed by atoms with E-state index in [1.807, 2.05) is 36.7 Å². The second-order valence-electron chi connectivity index (χ2n) is 7.10. The van der Waals surface area contributed by atoms with E-state index in [2.05, 4.69) is 60.6 Å². The van der Waals surface area contributed by atoms with Gasteiger partial charge in [0.2, 0.25) is 5.91 Å². The summed E-state index contributed by atoms with van der Waals surface area (Å²) in [6.07, 6.45) is 0. The lowest BCUT2D eigenvalue weighted by molar-refractivity contribution is -0.119. The minimum Gasteiger partial charge on any atom is -0.349 e. The van der Waals surface area contributed by atoms with Gasteiger partial charge in [-0.25, -0.2) is 0 Å². The van der Waals surface area contributed by atoms with E-state index in [9.17, 15) is 4.79 Å². The zero-order valence-corrected chi connectivity index (χ0v) is 17.8. The summed E-state index contributed by atoms with van der Waals surface area (Å²) in [4.78, 5) is 12.4. The number of rotatable bonds is 6. The number of amides is 1. The zero-order valence-electron chi connectivity index (χ0n) is 17.0. The molecule has 0 bridgehead atoms. The highest BCUT2D eigenvalue weighted by molar-refractivity contribution is 7.99. The molecular weight excluding hydrogens is 368 g/mol. The standard InChI is InChI=1S/C22H26N4OS/c1-14-10-11-18(12-16(14)3)17(4)23-20(27)13-28-22-25-24-21(26(22)5)19-9-7-6-8-15(19)2/h6-12,17H,13H2,1-5H3,(H,23,27). The monoisotopic (exact) mass is 394 g/mol. The number of nitrogens with one attached hydrogen (secondary N) is 1. The Morgan fingerprint density at radius 1 is 1.07 bits per heavy atom. The molecule has 0 saturated carbocycles. The molecule has 1 amide bonds. The maximum atomic E-state index is 12.4. The molecule has 0 saturated heterocycles. The van der Waals surface area contributed by atoms with Gasteiger partial charge < -0.3 is 9.88 Å². The topological polar surface area (TPSA) is 59.8 Å². The first-order valence-electron chi connectivity index (χ1n) is 9.31. The van der Waals surface area contributed by atoms with Crippen molar-refractivity contribution in [3.63, 3.8) is 0 Å². The Bertz CT molecular complexity index is 996. The van der Waals surface area contributed by atoms with Crippen molar-refractivity contribution in [2.75, 3.05) is 5.75 Å². The molecule has 0 aliphatic carbocycles. The average Bonchev–Trinajstić information content (AvgIpc) is 3.03. The highest BCUT2D eigenvalue weighted by atomic mass is 32.2. The van der Waals surface area contributed by atoms with Gasteiger partial charge in [-0.3, -0.25) is 4.79 Å². The Hall–Kier alpha value is -2.60. The summed E-state index contributed by atoms with van der Waals surface area (Å²) in [6, 6.07) is 14.3. The lowest BCUT2D eigenvalue weighted by Gasteiger charge is -2.15. The van der Waals surface area contributed by atoms with Crippen LogP contribution in [0.25, 0.3) is 11.4 Å². The Kier molecular flexibility index (Phi) is 6.19. The highest BCUT2D eigenvalue weighted by Crippen LogP contribution is 2.25. The van der Waals surface area contributed by atoms with Crippen LogP contribution in [0.2, 0.25) is 0 Å². The Balaban J connectivity index is 1.62. The van der Waals surface area contributed by atoms with E-state index in [-0.39, 0.29) is 11.9 Å². The molecule has 1 unspecified atom stereocenters. The van der Waals surface area contributed by atoms with Gasteiger partial charge in [0.15, 0.2) is 11.0 Å². The fourth-order valence-electron chi connectivity index (χ4n) is 3.03. The number of hydrogen-bond acceptors (Lipinski definition) is 4. The summed E-state index contributed by atoms with van der Waals surface area (Å²) >= 11 is 1.40. The van der Waals surface area contributed by atoms with Crippen molar-refractivity contribution in [2.24, 2.45) is 7.05 Å². The third-order valence-corrected chi connectivity index (χ3v) is 5.98. The lowest BCUT2D eigenvalue weighted by atomic mass is 10.0. The quantitative estimate of drug-likeness (QED) is 0.631. The maximum Gasteiger partial charge on any atom is 0.230 e. The van der Waals surface area contributed by atoms with Gasteiger partial charge in [-0.15, -0.1) is 10.2 Å². The molecule has 1 N–H and O–H groups in total. The number of hydrogen-bond donors (Lipinski definition) is 1. The van der Waals surface area contributed by atoms with Gasteiger partial charge >= 0.3 is 0 Å². The highest BCUT2D eigenvalue weighted by Gasteiger charge is 2.15. The third kappa shape index (κ3) is 4.44. The molecule has 6 heteroatoms. The van der Waals surface area contributed by atoms with Crippen molar-refractivity contribution in [1.82, 2.24) is 20.1 Å². The summed E-state index contributed by atoms with van der Waals surface area (Å²) in [5, 5.41) is 12.4. The average molecular weight is 395 g/mol. The number of nitrogens with zero attached hydrogens (tertiary/aromatic N) is 3. The maximum absolute atomic E-state index is 12.4. The molecule has 0 aliphatic heterocycles. The number of carbonyl (C=O) groups excluding carboxylic acids is 1. The fourth-order valence-corrected chi connectivity index (χ4v) is 3.75. The van der Waals surface area contributed by atoms with E-state index in [4.69, 9.17) is 0 Å². The predicted octanol–water partition coefficient (Wildman–Crippen LogP) is 4.38. The largest absolute Gasteiger partial charge is 0.349 e. The van der Waals surface area contributed by atoms with Gasteiger partial charge in [0.05, 0.1) is 11.8 Å². The van der Waals surface area contributed by atoms with Crippen LogP contribution < -0.4 is 5.32 Å². The van der Waals surface area contributed by atoms with Crippen LogP contribution >= 0.6 is 11.8 Å². The number of benzene rings is 2. The Labute approximate surface area is 170 Å². The van der Waals surface area contributed by atoms with Crippen LogP contribution in [0.4, 0.5) is 0 Å². The molecule has 1 heterocycles. The molecule has 5 nitrogen and oxygen atoms in total. The predicted molar refractivity (Wildman–Crippen MR) is 114 cm³/mol. The minimum atomic E-state index is -0.0329. The number of thioether (sulfide) groups is 1. The summed E-state index contributed by atoms with van der Waals surface area (Å²) in [7, 11) is 1.93. The van der Waals surface area contributed by atoms with Crippen LogP contribution in [0.1, 0.15) is 35.2 Å². The smallest absolute Gasteiger partial charge is 0.230 e. The molecule has 146 valence electrons. The van der Waals surface area contributed by atoms with E-state index >= 15 is 0 Å². The first-order valence-corrected chi connectivity index (χ1v) is 10.3. The summed E-state index contributed by atoms with van der Waals surface area (Å²) in [6.45, 7) is 8.23. The minimum absolute atomic E-state index is 0.0174. The van der Waals surface area contributed by atoms with Crippen molar-refractivity contribution in [1.29, 1.82) is 0 Å². The van der Waals surface area contributed by atoms with E-state index in [0.717, 1.165) is 27.7 Å². The van der Waals surface area contributed by atoms with Gasteiger partial charge in [0, 0.05) is 12.6 Å². The van der Waals surface area contributed by atoms with Crippen molar-refractivity contribution < 1.29 is 4.79 Å². The summed E-state index contributed by atoms with van der Waals surface area (Å²) < 4.78 is 1.94. The van der Waals surface area contributed by atoms with E-state index in [1.54, 1.807) is 0 Å². The van der Waals surface area contributed by atoms with Crippen LogP contribution in [-0.4, -0.2) is 26.4 Å². The molecular formula is C22H26N4OS. The summed E-state index contributed by atoms with van der Waals surface area (Å²) in [5.41, 5.74) is 5.80. The van der Waals surface area contributed by atoms with Gasteiger partial charge in [-0.05, 0) is 49.9 Å². The van der Waals surface area contributed by atoms with Crippen LogP contribution in [0.3, 0.4) is 0 Å². The van der Waals surface area contributed by atoms with Gasteiger partial charge in [0.25, 0.3) is 0 Å². The normalized spacial score (nSPS) is 12.0. The van der Waals surface area contributed by atoms with Crippen molar-refractivity contribution in [2.45, 2.75) is 38.9 Å². The van der Waals surface area contributed by atoms with E-state index in [0.29, 0.717) is 5.75 Å². The first-order chi connectivity index (χ1) is 13.4. The van der Waals surface area contributed by atoms with Crippen LogP contribution in [0, 0.1) is 20.8 Å². The lowest BCUT2D eigenvalue weighted by Crippen LogP contribution is -2.28. The van der Waals surface area contributed by atoms with Crippen molar-refractivity contribution >= 4 is 17.7 Å². The van der Waals surface area contributed by atoms with Crippen LogP contribution in [0.15, 0.2) is 47.6 Å². The molecule has 0 spiro atoms. The Morgan fingerprint density at radius 3 is 2.54 bits per heavy atom. The second kappa shape index (κ2) is 8.61. The second-order valence-corrected chi connectivity index (χ2v) is 8.04. The molecule has 28 heavy (non-hydrogen) atoms. The molecule has 3 aromatic rings. The van der Waals surface area contributed by atoms with Crippen molar-refractivity contribution in [3.8, 4) is 11.4 Å². The SMILES string of the molecule is Cc1ccc(C(C)NC(=O)CSc2nnc(-c3ccccc3C)n2C)cc1C. The first kappa shape index (κ1) is 20.1. The van der Waals surface area contributed by atoms with Gasteiger partial charge in [-0.1, -0.05) is 54.2 Å². The van der Waals surface area contributed by atoms with Gasteiger partial charge in [-0.2, -0.15) is 0 Å². The Morgan fingerprint density at radius 2 is 1.82 bits per heavy atom. The summed E-state index contributed by atoms with van der Waals surface area (Å²) in [5.74, 6) is 1.09. The van der Waals surface area contributed by atoms with Gasteiger partial charge in [0.1, 0.15) is 0 Å². The molecule has 0 radical (unpaired) electrons. The molecule has 1 atom stereocenters. The number of aryl methyl sites for hydroxylation is 3.